The molecular formula is C22H28N2O3. The average molecular weight is 368 g/mol. The van der Waals surface area contributed by atoms with Crippen LogP contribution in [0, 0.1) is 0 Å². The summed E-state index contributed by atoms with van der Waals surface area (Å²) in [5.74, 6) is 0.201. The van der Waals surface area contributed by atoms with Crippen molar-refractivity contribution in [3.05, 3.63) is 54.6 Å². The number of anilines is 1. The largest absolute Gasteiger partial charge is 0.465 e. The van der Waals surface area contributed by atoms with Gasteiger partial charge in [-0.15, -0.1) is 0 Å². The highest BCUT2D eigenvalue weighted by molar-refractivity contribution is 5.85. The Labute approximate surface area is 161 Å². The first-order chi connectivity index (χ1) is 13.0. The summed E-state index contributed by atoms with van der Waals surface area (Å²) in [7, 11) is 1.53. The summed E-state index contributed by atoms with van der Waals surface area (Å²) in [6, 6.07) is 17.9. The van der Waals surface area contributed by atoms with Crippen LogP contribution in [0.1, 0.15) is 39.0 Å². The average Bonchev–Trinajstić information content (AvgIpc) is 3.21. The Morgan fingerprint density at radius 2 is 1.56 bits per heavy atom. The summed E-state index contributed by atoms with van der Waals surface area (Å²) in [6.07, 6.45) is 4.61. The zero-order chi connectivity index (χ0) is 19.6. The summed E-state index contributed by atoms with van der Waals surface area (Å²) < 4.78 is 0. The van der Waals surface area contributed by atoms with Crippen LogP contribution in [0.15, 0.2) is 54.6 Å². The van der Waals surface area contributed by atoms with E-state index in [-0.39, 0.29) is 5.91 Å². The van der Waals surface area contributed by atoms with Crippen LogP contribution in [-0.4, -0.2) is 30.2 Å². The smallest absolute Gasteiger partial charge is 0.411 e. The standard InChI is InChI=1S/C14H13NO2.C8H15NO/c1-15(14(16)17)13-9-7-12(8-10-13)11-5-3-2-4-6-11;1-2-8(10)9-7-5-3-4-6-7/h2-10H,1H3,(H,16,17);7H,2-6H2,1H3,(H,9,10). The van der Waals surface area contributed by atoms with Crippen LogP contribution in [0.5, 0.6) is 0 Å². The van der Waals surface area contributed by atoms with Gasteiger partial charge in [0.05, 0.1) is 0 Å². The third kappa shape index (κ3) is 6.44. The van der Waals surface area contributed by atoms with E-state index < -0.39 is 6.09 Å². The fourth-order valence-corrected chi connectivity index (χ4v) is 3.02. The zero-order valence-corrected chi connectivity index (χ0v) is 16.0. The van der Waals surface area contributed by atoms with Gasteiger partial charge in [0.1, 0.15) is 0 Å². The first-order valence-electron chi connectivity index (χ1n) is 9.42. The molecule has 1 aliphatic carbocycles. The quantitative estimate of drug-likeness (QED) is 0.804. The third-order valence-electron chi connectivity index (χ3n) is 4.69. The fraction of sp³-hybridized carbons (Fsp3) is 0.364. The van der Waals surface area contributed by atoms with Crippen LogP contribution in [0.2, 0.25) is 0 Å². The van der Waals surface area contributed by atoms with Gasteiger partial charge in [0.25, 0.3) is 0 Å². The highest BCUT2D eigenvalue weighted by Gasteiger charge is 2.15. The second-order valence-corrected chi connectivity index (χ2v) is 6.66. The van der Waals surface area contributed by atoms with Crippen molar-refractivity contribution in [3.8, 4) is 11.1 Å². The SMILES string of the molecule is CCC(=O)NC1CCCC1.CN(C(=O)O)c1ccc(-c2ccccc2)cc1. The number of benzene rings is 2. The molecule has 144 valence electrons. The number of hydrogen-bond acceptors (Lipinski definition) is 2. The first-order valence-corrected chi connectivity index (χ1v) is 9.42. The van der Waals surface area contributed by atoms with Crippen molar-refractivity contribution < 1.29 is 14.7 Å². The number of carbonyl (C=O) groups excluding carboxylic acids is 1. The van der Waals surface area contributed by atoms with Gasteiger partial charge in [0.15, 0.2) is 0 Å². The topological polar surface area (TPSA) is 69.6 Å². The Kier molecular flexibility index (Phi) is 7.86. The molecule has 2 aromatic carbocycles. The Morgan fingerprint density at radius 1 is 1.00 bits per heavy atom. The van der Waals surface area contributed by atoms with Gasteiger partial charge < -0.3 is 10.4 Å². The molecular weight excluding hydrogens is 340 g/mol. The Bertz CT molecular complexity index is 723. The lowest BCUT2D eigenvalue weighted by Gasteiger charge is -2.13. The van der Waals surface area contributed by atoms with Gasteiger partial charge in [0, 0.05) is 25.2 Å². The van der Waals surface area contributed by atoms with E-state index in [4.69, 9.17) is 5.11 Å². The summed E-state index contributed by atoms with van der Waals surface area (Å²) >= 11 is 0. The Balaban J connectivity index is 0.000000223. The van der Waals surface area contributed by atoms with Gasteiger partial charge in [-0.2, -0.15) is 0 Å². The maximum Gasteiger partial charge on any atom is 0.411 e. The van der Waals surface area contributed by atoms with E-state index in [9.17, 15) is 9.59 Å². The lowest BCUT2D eigenvalue weighted by molar-refractivity contribution is -0.121. The maximum absolute atomic E-state index is 10.9. The molecule has 2 N–H and O–H groups in total. The molecule has 5 heteroatoms. The van der Waals surface area contributed by atoms with Gasteiger partial charge in [-0.25, -0.2) is 4.79 Å². The van der Waals surface area contributed by atoms with E-state index in [1.807, 2.05) is 49.4 Å². The van der Waals surface area contributed by atoms with Crippen LogP contribution in [-0.2, 0) is 4.79 Å². The molecule has 0 heterocycles. The fourth-order valence-electron chi connectivity index (χ4n) is 3.02. The van der Waals surface area contributed by atoms with Crippen LogP contribution < -0.4 is 10.2 Å². The molecule has 2 amide bonds. The van der Waals surface area contributed by atoms with Crippen molar-refractivity contribution >= 4 is 17.7 Å². The second kappa shape index (κ2) is 10.4. The van der Waals surface area contributed by atoms with Crippen molar-refractivity contribution in [2.75, 3.05) is 11.9 Å². The molecule has 0 saturated heterocycles. The van der Waals surface area contributed by atoms with Gasteiger partial charge in [-0.3, -0.25) is 9.69 Å². The summed E-state index contributed by atoms with van der Waals surface area (Å²) in [6.45, 7) is 1.89. The predicted octanol–water partition coefficient (Wildman–Crippen LogP) is 4.92. The number of carboxylic acid groups (broad SMARTS) is 1. The van der Waals surface area contributed by atoms with Crippen molar-refractivity contribution in [1.29, 1.82) is 0 Å². The number of amides is 2. The van der Waals surface area contributed by atoms with Crippen molar-refractivity contribution in [3.63, 3.8) is 0 Å². The monoisotopic (exact) mass is 368 g/mol. The van der Waals surface area contributed by atoms with Gasteiger partial charge in [-0.05, 0) is 36.1 Å². The molecule has 0 bridgehead atoms. The number of rotatable bonds is 4. The minimum absolute atomic E-state index is 0.201. The molecule has 0 unspecified atom stereocenters. The molecule has 0 radical (unpaired) electrons. The van der Waals surface area contributed by atoms with E-state index >= 15 is 0 Å². The van der Waals surface area contributed by atoms with Gasteiger partial charge in [0.2, 0.25) is 5.91 Å². The maximum atomic E-state index is 10.9. The zero-order valence-electron chi connectivity index (χ0n) is 16.0. The first kappa shape index (κ1) is 20.5. The van der Waals surface area contributed by atoms with Crippen LogP contribution >= 0.6 is 0 Å². The third-order valence-corrected chi connectivity index (χ3v) is 4.69. The lowest BCUT2D eigenvalue weighted by Crippen LogP contribution is -2.31. The van der Waals surface area contributed by atoms with Gasteiger partial charge >= 0.3 is 6.09 Å². The molecule has 0 aliphatic heterocycles. The van der Waals surface area contributed by atoms with E-state index in [0.717, 1.165) is 11.1 Å². The van der Waals surface area contributed by atoms with E-state index in [0.29, 0.717) is 18.2 Å². The number of nitrogens with one attached hydrogen (secondary N) is 1. The Hall–Kier alpha value is -2.82. The molecule has 0 spiro atoms. The van der Waals surface area contributed by atoms with Crippen LogP contribution in [0.4, 0.5) is 10.5 Å². The predicted molar refractivity (Wildman–Crippen MR) is 109 cm³/mol. The molecule has 0 aromatic heterocycles. The van der Waals surface area contributed by atoms with E-state index in [1.165, 1.54) is 37.6 Å². The molecule has 5 nitrogen and oxygen atoms in total. The summed E-state index contributed by atoms with van der Waals surface area (Å²) in [5, 5.41) is 11.8. The highest BCUT2D eigenvalue weighted by atomic mass is 16.4. The van der Waals surface area contributed by atoms with E-state index in [1.54, 1.807) is 12.1 Å². The van der Waals surface area contributed by atoms with E-state index in [2.05, 4.69) is 5.32 Å². The lowest BCUT2D eigenvalue weighted by atomic mass is 10.1. The number of carbonyl (C=O) groups is 2. The number of nitrogens with zero attached hydrogens (tertiary/aromatic N) is 1. The molecule has 2 aromatic rings. The van der Waals surface area contributed by atoms with Crippen molar-refractivity contribution in [1.82, 2.24) is 5.32 Å². The normalized spacial score (nSPS) is 13.4. The minimum Gasteiger partial charge on any atom is -0.465 e. The molecule has 1 fully saturated rings. The number of hydrogen-bond donors (Lipinski definition) is 2. The van der Waals surface area contributed by atoms with Crippen molar-refractivity contribution in [2.45, 2.75) is 45.1 Å². The molecule has 0 atom stereocenters. The molecule has 3 rings (SSSR count). The van der Waals surface area contributed by atoms with Crippen LogP contribution in [0.3, 0.4) is 0 Å². The minimum atomic E-state index is -0.961. The second-order valence-electron chi connectivity index (χ2n) is 6.66. The summed E-state index contributed by atoms with van der Waals surface area (Å²) in [5.41, 5.74) is 2.86. The summed E-state index contributed by atoms with van der Waals surface area (Å²) in [4.78, 5) is 22.8. The molecule has 1 saturated carbocycles. The highest BCUT2D eigenvalue weighted by Crippen LogP contribution is 2.22. The molecule has 1 aliphatic rings. The van der Waals surface area contributed by atoms with Crippen LogP contribution in [0.25, 0.3) is 11.1 Å². The van der Waals surface area contributed by atoms with Crippen molar-refractivity contribution in [2.24, 2.45) is 0 Å². The van der Waals surface area contributed by atoms with Gasteiger partial charge in [-0.1, -0.05) is 62.2 Å². The molecule has 27 heavy (non-hydrogen) atoms. The Morgan fingerprint density at radius 3 is 2.07 bits per heavy atom.